The Bertz CT molecular complexity index is 509. The molecule has 0 radical (unpaired) electrons. The first-order valence-electron chi connectivity index (χ1n) is 7.58. The zero-order chi connectivity index (χ0) is 14.0. The third-order valence-corrected chi connectivity index (χ3v) is 3.52. The highest BCUT2D eigenvalue weighted by Gasteiger charge is 1.97. The predicted octanol–water partition coefficient (Wildman–Crippen LogP) is 5.53. The highest BCUT2D eigenvalue weighted by molar-refractivity contribution is 5.83. The van der Waals surface area contributed by atoms with Crippen LogP contribution in [0.2, 0.25) is 0 Å². The molecule has 2 aromatic rings. The van der Waals surface area contributed by atoms with Crippen LogP contribution in [0.25, 0.3) is 10.8 Å². The van der Waals surface area contributed by atoms with Gasteiger partial charge in [-0.2, -0.15) is 0 Å². The highest BCUT2D eigenvalue weighted by Crippen LogP contribution is 2.20. The fraction of sp³-hybridized carbons (Fsp3) is 0.444. The molecule has 0 N–H and O–H groups in total. The Kier molecular flexibility index (Phi) is 6.36. The Morgan fingerprint density at radius 3 is 2.25 bits per heavy atom. The first kappa shape index (κ1) is 14.8. The van der Waals surface area contributed by atoms with Crippen molar-refractivity contribution >= 4 is 10.8 Å². The van der Waals surface area contributed by atoms with Gasteiger partial charge in [-0.25, -0.2) is 0 Å². The van der Waals surface area contributed by atoms with Gasteiger partial charge in [0, 0.05) is 0 Å². The van der Waals surface area contributed by atoms with Gasteiger partial charge in [0.2, 0.25) is 0 Å². The molecule has 0 atom stereocenters. The van der Waals surface area contributed by atoms with Gasteiger partial charge in [-0.3, -0.25) is 4.39 Å². The summed E-state index contributed by atoms with van der Waals surface area (Å²) >= 11 is 0. The van der Waals surface area contributed by atoms with Crippen LogP contribution < -0.4 is 4.74 Å². The number of hydrogen-bond acceptors (Lipinski definition) is 1. The van der Waals surface area contributed by atoms with Crippen LogP contribution in [-0.4, -0.2) is 13.3 Å². The van der Waals surface area contributed by atoms with Gasteiger partial charge in [-0.1, -0.05) is 56.0 Å². The topological polar surface area (TPSA) is 9.23 Å². The summed E-state index contributed by atoms with van der Waals surface area (Å²) in [6.07, 6.45) is 6.29. The summed E-state index contributed by atoms with van der Waals surface area (Å²) in [5, 5.41) is 2.46. The van der Waals surface area contributed by atoms with Gasteiger partial charge in [0.05, 0.1) is 13.3 Å². The van der Waals surface area contributed by atoms with Crippen molar-refractivity contribution in [1.29, 1.82) is 0 Å². The number of rotatable bonds is 9. The van der Waals surface area contributed by atoms with E-state index in [0.29, 0.717) is 6.42 Å². The van der Waals surface area contributed by atoms with E-state index in [9.17, 15) is 4.39 Å². The summed E-state index contributed by atoms with van der Waals surface area (Å²) in [4.78, 5) is 0. The molecule has 108 valence electrons. The molecule has 2 aromatic carbocycles. The number of alkyl halides is 1. The molecule has 0 amide bonds. The number of unbranched alkanes of at least 4 members (excludes halogenated alkanes) is 5. The predicted molar refractivity (Wildman–Crippen MR) is 83.1 cm³/mol. The van der Waals surface area contributed by atoms with Gasteiger partial charge < -0.3 is 4.74 Å². The summed E-state index contributed by atoms with van der Waals surface area (Å²) < 4.78 is 17.7. The Hall–Kier alpha value is -1.57. The summed E-state index contributed by atoms with van der Waals surface area (Å²) in [6.45, 7) is 0.590. The fourth-order valence-electron chi connectivity index (χ4n) is 2.35. The van der Waals surface area contributed by atoms with Crippen LogP contribution in [0.3, 0.4) is 0 Å². The van der Waals surface area contributed by atoms with E-state index in [1.54, 1.807) is 0 Å². The molecular formula is C18H23FO. The third-order valence-electron chi connectivity index (χ3n) is 3.52. The lowest BCUT2D eigenvalue weighted by molar-refractivity contribution is 0.304. The van der Waals surface area contributed by atoms with Crippen LogP contribution in [0.5, 0.6) is 5.75 Å². The molecule has 0 aromatic heterocycles. The molecule has 0 saturated heterocycles. The number of halogens is 1. The molecule has 2 heteroatoms. The lowest BCUT2D eigenvalue weighted by atomic mass is 10.1. The molecule has 2 rings (SSSR count). The minimum Gasteiger partial charge on any atom is -0.494 e. The molecule has 0 aliphatic carbocycles. The van der Waals surface area contributed by atoms with E-state index in [1.807, 2.05) is 18.2 Å². The minimum absolute atomic E-state index is 0.176. The van der Waals surface area contributed by atoms with Crippen molar-refractivity contribution < 1.29 is 9.13 Å². The zero-order valence-corrected chi connectivity index (χ0v) is 12.0. The van der Waals surface area contributed by atoms with E-state index in [-0.39, 0.29) is 6.67 Å². The normalized spacial score (nSPS) is 10.8. The quantitative estimate of drug-likeness (QED) is 0.546. The van der Waals surface area contributed by atoms with Crippen molar-refractivity contribution in [3.05, 3.63) is 42.5 Å². The SMILES string of the molecule is [18F]CCCCCCCCOc1ccc2ccccc2c1. The van der Waals surface area contributed by atoms with E-state index in [0.717, 1.165) is 31.6 Å². The molecule has 0 spiro atoms. The van der Waals surface area contributed by atoms with E-state index in [1.165, 1.54) is 23.6 Å². The summed E-state index contributed by atoms with van der Waals surface area (Å²) in [5.41, 5.74) is 0. The summed E-state index contributed by atoms with van der Waals surface area (Å²) in [7, 11) is 0. The van der Waals surface area contributed by atoms with Crippen LogP contribution in [0.4, 0.5) is 4.39 Å². The van der Waals surface area contributed by atoms with Crippen molar-refractivity contribution in [3.63, 3.8) is 0 Å². The van der Waals surface area contributed by atoms with Crippen molar-refractivity contribution in [2.24, 2.45) is 0 Å². The maximum Gasteiger partial charge on any atom is 0.119 e. The van der Waals surface area contributed by atoms with Crippen LogP contribution in [0.15, 0.2) is 42.5 Å². The number of fused-ring (bicyclic) bond motifs is 1. The lowest BCUT2D eigenvalue weighted by Gasteiger charge is -2.07. The third kappa shape index (κ3) is 4.84. The Labute approximate surface area is 120 Å². The minimum atomic E-state index is -0.176. The van der Waals surface area contributed by atoms with Crippen molar-refractivity contribution in [3.8, 4) is 5.75 Å². The molecule has 0 heterocycles. The Balaban J connectivity index is 1.65. The summed E-state index contributed by atoms with van der Waals surface area (Å²) in [6, 6.07) is 14.5. The van der Waals surface area contributed by atoms with Crippen molar-refractivity contribution in [1.82, 2.24) is 0 Å². The Morgan fingerprint density at radius 2 is 1.45 bits per heavy atom. The van der Waals surface area contributed by atoms with Crippen LogP contribution >= 0.6 is 0 Å². The van der Waals surface area contributed by atoms with Crippen LogP contribution in [-0.2, 0) is 0 Å². The van der Waals surface area contributed by atoms with E-state index in [4.69, 9.17) is 4.74 Å². The average Bonchev–Trinajstić information content (AvgIpc) is 2.50. The smallest absolute Gasteiger partial charge is 0.119 e. The van der Waals surface area contributed by atoms with Crippen molar-refractivity contribution in [2.75, 3.05) is 13.3 Å². The monoisotopic (exact) mass is 273 g/mol. The highest BCUT2D eigenvalue weighted by atomic mass is 18.2. The van der Waals surface area contributed by atoms with Crippen molar-refractivity contribution in [2.45, 2.75) is 38.5 Å². The van der Waals surface area contributed by atoms with Crippen LogP contribution in [0.1, 0.15) is 38.5 Å². The van der Waals surface area contributed by atoms with Gasteiger partial charge in [0.15, 0.2) is 0 Å². The van der Waals surface area contributed by atoms with Gasteiger partial charge in [-0.05, 0) is 35.7 Å². The molecule has 0 bridgehead atoms. The average molecular weight is 273 g/mol. The lowest BCUT2D eigenvalue weighted by Crippen LogP contribution is -1.97. The van der Waals surface area contributed by atoms with Gasteiger partial charge >= 0.3 is 0 Å². The molecule has 0 aliphatic rings. The second-order valence-corrected chi connectivity index (χ2v) is 5.17. The van der Waals surface area contributed by atoms with Gasteiger partial charge in [-0.15, -0.1) is 0 Å². The van der Waals surface area contributed by atoms with Gasteiger partial charge in [0.1, 0.15) is 5.75 Å². The number of ether oxygens (including phenoxy) is 1. The molecule has 20 heavy (non-hydrogen) atoms. The maximum atomic E-state index is 11.9. The van der Waals surface area contributed by atoms with E-state index >= 15 is 0 Å². The fourth-order valence-corrected chi connectivity index (χ4v) is 2.35. The second kappa shape index (κ2) is 8.57. The Morgan fingerprint density at radius 1 is 0.750 bits per heavy atom. The molecule has 1 nitrogen and oxygen atoms in total. The molecule has 0 unspecified atom stereocenters. The van der Waals surface area contributed by atoms with Gasteiger partial charge in [0.25, 0.3) is 0 Å². The second-order valence-electron chi connectivity index (χ2n) is 5.17. The summed E-state index contributed by atoms with van der Waals surface area (Å²) in [5.74, 6) is 0.945. The zero-order valence-electron chi connectivity index (χ0n) is 12.0. The largest absolute Gasteiger partial charge is 0.494 e. The van der Waals surface area contributed by atoms with Crippen LogP contribution in [0, 0.1) is 0 Å². The molecule has 0 fully saturated rings. The number of hydrogen-bond donors (Lipinski definition) is 0. The first-order chi connectivity index (χ1) is 9.90. The number of benzene rings is 2. The standard InChI is InChI=1S/C18H23FO/c19-13-7-3-1-2-4-8-14-20-18-12-11-16-9-5-6-10-17(16)15-18/h5-6,9-12,15H,1-4,7-8,13-14H2/i19-1. The molecule has 0 saturated carbocycles. The molecule has 0 aliphatic heterocycles. The van der Waals surface area contributed by atoms with E-state index < -0.39 is 0 Å². The van der Waals surface area contributed by atoms with E-state index in [2.05, 4.69) is 24.3 Å². The molecular weight excluding hydrogens is 250 g/mol. The maximum absolute atomic E-state index is 11.9. The first-order valence-corrected chi connectivity index (χ1v) is 7.58.